The van der Waals surface area contributed by atoms with Crippen molar-refractivity contribution in [2.24, 2.45) is 5.92 Å². The average Bonchev–Trinajstić information content (AvgIpc) is 2.85. The zero-order valence-corrected chi connectivity index (χ0v) is 19.3. The summed E-state index contributed by atoms with van der Waals surface area (Å²) >= 11 is 0. The summed E-state index contributed by atoms with van der Waals surface area (Å²) in [6, 6.07) is 24.0. The van der Waals surface area contributed by atoms with Crippen LogP contribution < -0.4 is 9.62 Å². The minimum Gasteiger partial charge on any atom is -0.355 e. The summed E-state index contributed by atoms with van der Waals surface area (Å²) in [5.74, 6) is 1.68. The molecule has 7 heteroatoms. The summed E-state index contributed by atoms with van der Waals surface area (Å²) in [4.78, 5) is 2.51. The van der Waals surface area contributed by atoms with Crippen LogP contribution in [-0.2, 0) is 10.0 Å². The molecule has 4 aromatic rings. The van der Waals surface area contributed by atoms with Gasteiger partial charge in [-0.3, -0.25) is 4.72 Å². The molecule has 6 nitrogen and oxygen atoms in total. The van der Waals surface area contributed by atoms with Crippen LogP contribution in [0.4, 0.5) is 11.5 Å². The SMILES string of the molecule is CC1CCN(c2ccc(-c3ccc(NS(=O)(=O)c4ccc5ccccc5c4)cc3)nn2)CC1. The fraction of sp³-hybridized carbons (Fsp3) is 0.231. The molecule has 0 amide bonds. The predicted octanol–water partition coefficient (Wildman–Crippen LogP) is 5.33. The predicted molar refractivity (Wildman–Crippen MR) is 133 cm³/mol. The summed E-state index contributed by atoms with van der Waals surface area (Å²) in [5, 5.41) is 10.7. The smallest absolute Gasteiger partial charge is 0.261 e. The van der Waals surface area contributed by atoms with Gasteiger partial charge in [-0.2, -0.15) is 0 Å². The molecule has 0 bridgehead atoms. The fourth-order valence-corrected chi connectivity index (χ4v) is 5.24. The second-order valence-corrected chi connectivity index (χ2v) is 10.3. The van der Waals surface area contributed by atoms with Crippen LogP contribution in [0.1, 0.15) is 19.8 Å². The molecule has 1 aromatic heterocycles. The van der Waals surface area contributed by atoms with Gasteiger partial charge in [-0.15, -0.1) is 10.2 Å². The van der Waals surface area contributed by atoms with E-state index in [4.69, 9.17) is 0 Å². The summed E-state index contributed by atoms with van der Waals surface area (Å²) < 4.78 is 28.4. The Hall–Kier alpha value is -3.45. The topological polar surface area (TPSA) is 75.2 Å². The molecule has 1 aliphatic rings. The van der Waals surface area contributed by atoms with E-state index in [-0.39, 0.29) is 4.90 Å². The van der Waals surface area contributed by atoms with Crippen LogP contribution in [-0.4, -0.2) is 31.7 Å². The van der Waals surface area contributed by atoms with Crippen LogP contribution in [0.15, 0.2) is 83.8 Å². The highest BCUT2D eigenvalue weighted by molar-refractivity contribution is 7.92. The van der Waals surface area contributed by atoms with Gasteiger partial charge in [0.25, 0.3) is 10.0 Å². The minimum absolute atomic E-state index is 0.235. The maximum atomic E-state index is 12.9. The average molecular weight is 459 g/mol. The minimum atomic E-state index is -3.69. The second-order valence-electron chi connectivity index (χ2n) is 8.64. The first-order valence-corrected chi connectivity index (χ1v) is 12.7. The Morgan fingerprint density at radius 3 is 2.27 bits per heavy atom. The lowest BCUT2D eigenvalue weighted by atomic mass is 9.99. The van der Waals surface area contributed by atoms with Gasteiger partial charge in [-0.25, -0.2) is 8.42 Å². The van der Waals surface area contributed by atoms with Crippen molar-refractivity contribution < 1.29 is 8.42 Å². The van der Waals surface area contributed by atoms with E-state index in [0.717, 1.165) is 46.9 Å². The van der Waals surface area contributed by atoms with Crippen LogP contribution in [0.5, 0.6) is 0 Å². The number of fused-ring (bicyclic) bond motifs is 1. The largest absolute Gasteiger partial charge is 0.355 e. The Bertz CT molecular complexity index is 1360. The molecule has 168 valence electrons. The lowest BCUT2D eigenvalue weighted by Crippen LogP contribution is -2.33. The Morgan fingerprint density at radius 2 is 1.58 bits per heavy atom. The van der Waals surface area contributed by atoms with Gasteiger partial charge in [-0.05, 0) is 65.9 Å². The summed E-state index contributed by atoms with van der Waals surface area (Å²) in [6.45, 7) is 4.32. The molecule has 0 aliphatic carbocycles. The molecule has 0 radical (unpaired) electrons. The number of benzene rings is 3. The maximum absolute atomic E-state index is 12.9. The van der Waals surface area contributed by atoms with E-state index >= 15 is 0 Å². The highest BCUT2D eigenvalue weighted by Gasteiger charge is 2.18. The summed E-state index contributed by atoms with van der Waals surface area (Å²) in [5.41, 5.74) is 2.14. The van der Waals surface area contributed by atoms with Crippen molar-refractivity contribution >= 4 is 32.3 Å². The number of piperidine rings is 1. The molecular formula is C26H26N4O2S. The maximum Gasteiger partial charge on any atom is 0.261 e. The Balaban J connectivity index is 1.30. The number of nitrogens with zero attached hydrogens (tertiary/aromatic N) is 3. The van der Waals surface area contributed by atoms with E-state index in [1.54, 1.807) is 24.3 Å². The Morgan fingerprint density at radius 1 is 0.848 bits per heavy atom. The number of hydrogen-bond acceptors (Lipinski definition) is 5. The van der Waals surface area contributed by atoms with E-state index in [1.165, 1.54) is 12.8 Å². The number of hydrogen-bond donors (Lipinski definition) is 1. The highest BCUT2D eigenvalue weighted by Crippen LogP contribution is 2.25. The van der Waals surface area contributed by atoms with Gasteiger partial charge in [0.05, 0.1) is 10.6 Å². The van der Waals surface area contributed by atoms with E-state index in [0.29, 0.717) is 5.69 Å². The molecule has 1 N–H and O–H groups in total. The molecule has 0 spiro atoms. The first-order chi connectivity index (χ1) is 16.0. The van der Waals surface area contributed by atoms with E-state index in [1.807, 2.05) is 54.6 Å². The van der Waals surface area contributed by atoms with Crippen molar-refractivity contribution in [1.82, 2.24) is 10.2 Å². The van der Waals surface area contributed by atoms with Crippen molar-refractivity contribution in [3.63, 3.8) is 0 Å². The van der Waals surface area contributed by atoms with E-state index in [9.17, 15) is 8.42 Å². The van der Waals surface area contributed by atoms with E-state index < -0.39 is 10.0 Å². The molecule has 33 heavy (non-hydrogen) atoms. The molecule has 5 rings (SSSR count). The molecule has 0 unspecified atom stereocenters. The van der Waals surface area contributed by atoms with Crippen molar-refractivity contribution in [3.05, 3.63) is 78.9 Å². The fourth-order valence-electron chi connectivity index (χ4n) is 4.14. The van der Waals surface area contributed by atoms with Crippen molar-refractivity contribution in [1.29, 1.82) is 0 Å². The molecule has 1 aliphatic heterocycles. The third kappa shape index (κ3) is 4.68. The van der Waals surface area contributed by atoms with Gasteiger partial charge >= 0.3 is 0 Å². The van der Waals surface area contributed by atoms with Gasteiger partial charge in [0, 0.05) is 24.3 Å². The second kappa shape index (κ2) is 8.83. The van der Waals surface area contributed by atoms with Crippen LogP contribution in [0.2, 0.25) is 0 Å². The van der Waals surface area contributed by atoms with Crippen molar-refractivity contribution in [3.8, 4) is 11.3 Å². The first kappa shape index (κ1) is 21.4. The number of rotatable bonds is 5. The molecule has 2 heterocycles. The lowest BCUT2D eigenvalue weighted by Gasteiger charge is -2.30. The standard InChI is InChI=1S/C26H26N4O2S/c1-19-14-16-30(17-15-19)26-13-12-25(27-28-26)21-6-9-23(10-7-21)29-33(31,32)24-11-8-20-4-2-3-5-22(20)18-24/h2-13,18-19,29H,14-17H2,1H3. The van der Waals surface area contributed by atoms with Gasteiger partial charge in [-0.1, -0.05) is 49.4 Å². The lowest BCUT2D eigenvalue weighted by molar-refractivity contribution is 0.436. The third-order valence-corrected chi connectivity index (χ3v) is 7.60. The Kier molecular flexibility index (Phi) is 5.72. The van der Waals surface area contributed by atoms with Crippen LogP contribution in [0.3, 0.4) is 0 Å². The number of anilines is 2. The third-order valence-electron chi connectivity index (χ3n) is 6.22. The molecule has 1 fully saturated rings. The molecular weight excluding hydrogens is 432 g/mol. The number of aromatic nitrogens is 2. The molecule has 1 saturated heterocycles. The van der Waals surface area contributed by atoms with E-state index in [2.05, 4.69) is 26.7 Å². The Labute approximate surface area is 194 Å². The van der Waals surface area contributed by atoms with Crippen LogP contribution >= 0.6 is 0 Å². The normalized spacial score (nSPS) is 15.0. The monoisotopic (exact) mass is 458 g/mol. The number of nitrogens with one attached hydrogen (secondary N) is 1. The highest BCUT2D eigenvalue weighted by atomic mass is 32.2. The summed E-state index contributed by atoms with van der Waals surface area (Å²) in [6.07, 6.45) is 2.36. The van der Waals surface area contributed by atoms with Crippen LogP contribution in [0.25, 0.3) is 22.0 Å². The summed E-state index contributed by atoms with van der Waals surface area (Å²) in [7, 11) is -3.69. The first-order valence-electron chi connectivity index (χ1n) is 11.2. The van der Waals surface area contributed by atoms with Crippen molar-refractivity contribution in [2.45, 2.75) is 24.7 Å². The zero-order chi connectivity index (χ0) is 22.8. The van der Waals surface area contributed by atoms with Crippen LogP contribution in [0, 0.1) is 5.92 Å². The van der Waals surface area contributed by atoms with Gasteiger partial charge in [0.2, 0.25) is 0 Å². The quantitative estimate of drug-likeness (QED) is 0.437. The number of sulfonamides is 1. The van der Waals surface area contributed by atoms with Gasteiger partial charge in [0.1, 0.15) is 0 Å². The zero-order valence-electron chi connectivity index (χ0n) is 18.5. The van der Waals surface area contributed by atoms with Crippen molar-refractivity contribution in [2.75, 3.05) is 22.7 Å². The molecule has 0 saturated carbocycles. The molecule has 0 atom stereocenters. The van der Waals surface area contributed by atoms with Gasteiger partial charge in [0.15, 0.2) is 5.82 Å². The van der Waals surface area contributed by atoms with Gasteiger partial charge < -0.3 is 4.90 Å². The molecule has 3 aromatic carbocycles.